The normalized spacial score (nSPS) is 18.8. The number of carbonyl (C=O) groups excluding carboxylic acids is 1. The number of nitrogens with zero attached hydrogens (tertiary/aromatic N) is 1. The second kappa shape index (κ2) is 8.30. The molecule has 0 aromatic heterocycles. The van der Waals surface area contributed by atoms with Crippen molar-refractivity contribution in [1.82, 2.24) is 9.62 Å². The fraction of sp³-hybridized carbons (Fsp3) is 0.471. The second-order valence-electron chi connectivity index (χ2n) is 5.91. The third-order valence-corrected chi connectivity index (χ3v) is 4.72. The van der Waals surface area contributed by atoms with Crippen LogP contribution in [0.5, 0.6) is 5.75 Å². The summed E-state index contributed by atoms with van der Waals surface area (Å²) in [5, 5.41) is 0. The smallest absolute Gasteiger partial charge is 0.246 e. The number of methoxy groups -OCH3 is 1. The first-order valence-corrected chi connectivity index (χ1v) is 9.85. The summed E-state index contributed by atoms with van der Waals surface area (Å²) in [4.78, 5) is 14.2. The lowest BCUT2D eigenvalue weighted by Gasteiger charge is -2.35. The molecule has 1 N–H and O–H groups in total. The highest BCUT2D eigenvalue weighted by atomic mass is 32.2. The Kier molecular flexibility index (Phi) is 6.39. The molecule has 1 saturated heterocycles. The summed E-state index contributed by atoms with van der Waals surface area (Å²) in [5.41, 5.74) is 0.909. The Labute approximate surface area is 143 Å². The van der Waals surface area contributed by atoms with E-state index in [4.69, 9.17) is 4.74 Å². The van der Waals surface area contributed by atoms with Gasteiger partial charge in [0.1, 0.15) is 5.75 Å². The maximum atomic E-state index is 12.5. The molecule has 1 fully saturated rings. The lowest BCUT2D eigenvalue weighted by atomic mass is 10.0. The van der Waals surface area contributed by atoms with Gasteiger partial charge in [-0.25, -0.2) is 13.1 Å². The molecule has 24 heavy (non-hydrogen) atoms. The minimum atomic E-state index is -3.25. The Morgan fingerprint density at radius 2 is 2.04 bits per heavy atom. The number of hydrogen-bond donors (Lipinski definition) is 1. The summed E-state index contributed by atoms with van der Waals surface area (Å²) in [7, 11) is -1.65. The molecule has 0 aliphatic carbocycles. The second-order valence-corrected chi connectivity index (χ2v) is 7.74. The molecule has 0 bridgehead atoms. The van der Waals surface area contributed by atoms with Crippen molar-refractivity contribution in [3.05, 3.63) is 35.9 Å². The SMILES string of the molecule is COc1ccc(/C=C\C(=O)N2CCCC[C@H]2CNS(C)(=O)=O)cc1. The lowest BCUT2D eigenvalue weighted by Crippen LogP contribution is -2.48. The number of likely N-dealkylation sites (tertiary alicyclic amines) is 1. The van der Waals surface area contributed by atoms with Gasteiger partial charge in [0.05, 0.1) is 13.4 Å². The Morgan fingerprint density at radius 1 is 1.33 bits per heavy atom. The molecule has 1 amide bonds. The lowest BCUT2D eigenvalue weighted by molar-refractivity contribution is -0.129. The van der Waals surface area contributed by atoms with E-state index in [1.165, 1.54) is 0 Å². The topological polar surface area (TPSA) is 75.7 Å². The third kappa shape index (κ3) is 5.65. The minimum Gasteiger partial charge on any atom is -0.497 e. The molecular weight excluding hydrogens is 328 g/mol. The molecule has 1 aromatic rings. The monoisotopic (exact) mass is 352 g/mol. The summed E-state index contributed by atoms with van der Waals surface area (Å²) in [6.07, 6.45) is 7.19. The number of ether oxygens (including phenoxy) is 1. The summed E-state index contributed by atoms with van der Waals surface area (Å²) in [6.45, 7) is 0.919. The average molecular weight is 352 g/mol. The summed E-state index contributed by atoms with van der Waals surface area (Å²) < 4.78 is 30.2. The standard InChI is InChI=1S/C17H24N2O4S/c1-23-16-9-6-14(7-10-16)8-11-17(20)19-12-4-3-5-15(19)13-18-24(2,21)22/h6-11,15,18H,3-5,12-13H2,1-2H3/b11-8-/t15-/m0/s1. The number of piperidine rings is 1. The van der Waals surface area contributed by atoms with Crippen LogP contribution >= 0.6 is 0 Å². The van der Waals surface area contributed by atoms with Crippen molar-refractivity contribution in [2.24, 2.45) is 0 Å². The van der Waals surface area contributed by atoms with Crippen LogP contribution in [0.15, 0.2) is 30.3 Å². The molecule has 0 spiro atoms. The number of amides is 1. The first-order chi connectivity index (χ1) is 11.4. The van der Waals surface area contributed by atoms with Crippen LogP contribution in [0, 0.1) is 0 Å². The number of sulfonamides is 1. The Bertz CT molecular complexity index is 683. The Hall–Kier alpha value is -1.86. The highest BCUT2D eigenvalue weighted by molar-refractivity contribution is 7.88. The van der Waals surface area contributed by atoms with E-state index < -0.39 is 10.0 Å². The molecule has 1 aliphatic heterocycles. The van der Waals surface area contributed by atoms with Crippen LogP contribution in [0.3, 0.4) is 0 Å². The molecule has 7 heteroatoms. The molecule has 0 saturated carbocycles. The molecule has 1 heterocycles. The van der Waals surface area contributed by atoms with Crippen molar-refractivity contribution in [2.45, 2.75) is 25.3 Å². The molecule has 0 radical (unpaired) electrons. The van der Waals surface area contributed by atoms with Crippen LogP contribution in [0.4, 0.5) is 0 Å². The summed E-state index contributed by atoms with van der Waals surface area (Å²) in [5.74, 6) is 0.673. The molecule has 132 valence electrons. The summed E-state index contributed by atoms with van der Waals surface area (Å²) >= 11 is 0. The molecule has 2 rings (SSSR count). The van der Waals surface area contributed by atoms with Crippen LogP contribution in [0.25, 0.3) is 6.08 Å². The molecule has 0 unspecified atom stereocenters. The molecule has 1 atom stereocenters. The minimum absolute atomic E-state index is 0.0918. The van der Waals surface area contributed by atoms with Crippen molar-refractivity contribution in [3.63, 3.8) is 0 Å². The fourth-order valence-corrected chi connectivity index (χ4v) is 3.22. The van der Waals surface area contributed by atoms with Gasteiger partial charge in [0, 0.05) is 25.2 Å². The van der Waals surface area contributed by atoms with Crippen molar-refractivity contribution in [3.8, 4) is 5.75 Å². The van der Waals surface area contributed by atoms with Gasteiger partial charge >= 0.3 is 0 Å². The van der Waals surface area contributed by atoms with Crippen LogP contribution in [0.2, 0.25) is 0 Å². The largest absolute Gasteiger partial charge is 0.497 e. The molecule has 1 aliphatic rings. The van der Waals surface area contributed by atoms with E-state index in [9.17, 15) is 13.2 Å². The van der Waals surface area contributed by atoms with Crippen molar-refractivity contribution in [1.29, 1.82) is 0 Å². The van der Waals surface area contributed by atoms with Gasteiger partial charge in [-0.3, -0.25) is 4.79 Å². The van der Waals surface area contributed by atoms with Crippen LogP contribution in [-0.2, 0) is 14.8 Å². The predicted molar refractivity (Wildman–Crippen MR) is 94.2 cm³/mol. The van der Waals surface area contributed by atoms with E-state index in [2.05, 4.69) is 4.72 Å². The zero-order valence-electron chi connectivity index (χ0n) is 14.1. The maximum absolute atomic E-state index is 12.5. The average Bonchev–Trinajstić information content (AvgIpc) is 2.58. The van der Waals surface area contributed by atoms with Gasteiger partial charge in [0.15, 0.2) is 0 Å². The van der Waals surface area contributed by atoms with Gasteiger partial charge in [-0.2, -0.15) is 0 Å². The number of hydrogen-bond acceptors (Lipinski definition) is 4. The van der Waals surface area contributed by atoms with E-state index in [0.29, 0.717) is 6.54 Å². The van der Waals surface area contributed by atoms with Crippen LogP contribution < -0.4 is 9.46 Å². The number of nitrogens with one attached hydrogen (secondary N) is 1. The van der Waals surface area contributed by atoms with E-state index in [1.54, 1.807) is 24.2 Å². The predicted octanol–water partition coefficient (Wildman–Crippen LogP) is 1.64. The molecule has 6 nitrogen and oxygen atoms in total. The van der Waals surface area contributed by atoms with Crippen LogP contribution in [0.1, 0.15) is 24.8 Å². The number of carbonyl (C=O) groups is 1. The quantitative estimate of drug-likeness (QED) is 0.790. The third-order valence-electron chi connectivity index (χ3n) is 4.03. The Balaban J connectivity index is 2.00. The van der Waals surface area contributed by atoms with Crippen molar-refractivity contribution in [2.75, 3.05) is 26.5 Å². The van der Waals surface area contributed by atoms with Gasteiger partial charge in [0.25, 0.3) is 0 Å². The fourth-order valence-electron chi connectivity index (χ4n) is 2.73. The number of rotatable bonds is 6. The van der Waals surface area contributed by atoms with E-state index in [-0.39, 0.29) is 18.5 Å². The first-order valence-electron chi connectivity index (χ1n) is 7.96. The van der Waals surface area contributed by atoms with E-state index in [0.717, 1.165) is 36.8 Å². The highest BCUT2D eigenvalue weighted by Gasteiger charge is 2.25. The van der Waals surface area contributed by atoms with E-state index >= 15 is 0 Å². The van der Waals surface area contributed by atoms with Gasteiger partial charge in [-0.1, -0.05) is 12.1 Å². The zero-order chi connectivity index (χ0) is 17.6. The van der Waals surface area contributed by atoms with Gasteiger partial charge in [-0.05, 0) is 43.0 Å². The Morgan fingerprint density at radius 3 is 2.67 bits per heavy atom. The molecular formula is C17H24N2O4S. The van der Waals surface area contributed by atoms with Gasteiger partial charge in [-0.15, -0.1) is 0 Å². The molecule has 1 aromatic carbocycles. The van der Waals surface area contributed by atoms with Crippen molar-refractivity contribution < 1.29 is 17.9 Å². The van der Waals surface area contributed by atoms with Crippen molar-refractivity contribution >= 4 is 22.0 Å². The first kappa shape index (κ1) is 18.5. The van der Waals surface area contributed by atoms with Crippen LogP contribution in [-0.4, -0.2) is 51.7 Å². The maximum Gasteiger partial charge on any atom is 0.246 e. The van der Waals surface area contributed by atoms with Gasteiger partial charge in [0.2, 0.25) is 15.9 Å². The van der Waals surface area contributed by atoms with E-state index in [1.807, 2.05) is 24.3 Å². The van der Waals surface area contributed by atoms with Gasteiger partial charge < -0.3 is 9.64 Å². The summed E-state index contributed by atoms with van der Waals surface area (Å²) in [6, 6.07) is 7.33. The zero-order valence-corrected chi connectivity index (χ0v) is 14.9. The number of benzene rings is 1. The highest BCUT2D eigenvalue weighted by Crippen LogP contribution is 2.18.